The van der Waals surface area contributed by atoms with Crippen molar-refractivity contribution in [3.63, 3.8) is 0 Å². The highest BCUT2D eigenvalue weighted by Crippen LogP contribution is 2.21. The summed E-state index contributed by atoms with van der Waals surface area (Å²) in [4.78, 5) is 16.1. The third kappa shape index (κ3) is 4.05. The largest absolute Gasteiger partial charge is 0.376 e. The smallest absolute Gasteiger partial charge is 0.227 e. The first-order valence-electron chi connectivity index (χ1n) is 7.96. The molecule has 0 saturated carbocycles. The van der Waals surface area contributed by atoms with E-state index in [4.69, 9.17) is 4.74 Å². The first-order chi connectivity index (χ1) is 10.3. The van der Waals surface area contributed by atoms with Gasteiger partial charge in [-0.25, -0.2) is 0 Å². The van der Waals surface area contributed by atoms with Gasteiger partial charge >= 0.3 is 0 Å². The molecule has 0 bridgehead atoms. The van der Waals surface area contributed by atoms with E-state index in [0.717, 1.165) is 58.5 Å². The van der Waals surface area contributed by atoms with E-state index in [1.54, 1.807) is 11.3 Å². The minimum atomic E-state index is 0.139. The minimum absolute atomic E-state index is 0.139. The second-order valence-electron chi connectivity index (χ2n) is 5.98. The van der Waals surface area contributed by atoms with Gasteiger partial charge in [0.15, 0.2) is 0 Å². The van der Waals surface area contributed by atoms with Crippen LogP contribution in [0.3, 0.4) is 0 Å². The zero-order valence-corrected chi connectivity index (χ0v) is 13.2. The third-order valence-electron chi connectivity index (χ3n) is 4.33. The van der Waals surface area contributed by atoms with Crippen LogP contribution in [0.25, 0.3) is 0 Å². The zero-order valence-electron chi connectivity index (χ0n) is 12.4. The number of amides is 1. The molecule has 3 rings (SSSR count). The van der Waals surface area contributed by atoms with Crippen molar-refractivity contribution in [1.29, 1.82) is 0 Å². The number of hydrogen-bond donors (Lipinski definition) is 1. The Labute approximate surface area is 130 Å². The van der Waals surface area contributed by atoms with Crippen molar-refractivity contribution in [2.45, 2.75) is 38.3 Å². The standard InChI is InChI=1S/C16H24N2O2S/c19-16(13-4-1-7-17-10-13)18(11-14-5-2-8-20-14)12-15-6-3-9-21-15/h3,6,9,13-14,17H,1-2,4-5,7-8,10-12H2/t13-,14?/m1/s1. The van der Waals surface area contributed by atoms with Crippen LogP contribution in [0.5, 0.6) is 0 Å². The van der Waals surface area contributed by atoms with Gasteiger partial charge in [-0.1, -0.05) is 6.07 Å². The Hall–Kier alpha value is -0.910. The molecule has 5 heteroatoms. The van der Waals surface area contributed by atoms with Gasteiger partial charge < -0.3 is 15.0 Å². The molecule has 4 nitrogen and oxygen atoms in total. The van der Waals surface area contributed by atoms with Gasteiger partial charge in [0.2, 0.25) is 5.91 Å². The van der Waals surface area contributed by atoms with Crippen molar-refractivity contribution >= 4 is 17.2 Å². The summed E-state index contributed by atoms with van der Waals surface area (Å²) in [5, 5.41) is 5.42. The lowest BCUT2D eigenvalue weighted by Gasteiger charge is -2.31. The van der Waals surface area contributed by atoms with Crippen LogP contribution in [0, 0.1) is 5.92 Å². The second kappa shape index (κ2) is 7.38. The molecule has 21 heavy (non-hydrogen) atoms. The number of carbonyl (C=O) groups is 1. The van der Waals surface area contributed by atoms with Gasteiger partial charge in [0.25, 0.3) is 0 Å². The molecule has 1 aromatic heterocycles. The number of nitrogens with one attached hydrogen (secondary N) is 1. The van der Waals surface area contributed by atoms with Crippen LogP contribution in [-0.4, -0.2) is 43.2 Å². The Morgan fingerprint density at radius 3 is 3.05 bits per heavy atom. The lowest BCUT2D eigenvalue weighted by molar-refractivity contribution is -0.138. The summed E-state index contributed by atoms with van der Waals surface area (Å²) in [6.45, 7) is 4.18. The van der Waals surface area contributed by atoms with Crippen molar-refractivity contribution in [2.24, 2.45) is 5.92 Å². The molecule has 0 aliphatic carbocycles. The first-order valence-corrected chi connectivity index (χ1v) is 8.84. The summed E-state index contributed by atoms with van der Waals surface area (Å²) in [5.74, 6) is 0.436. The van der Waals surface area contributed by atoms with E-state index in [0.29, 0.717) is 5.91 Å². The highest BCUT2D eigenvalue weighted by atomic mass is 32.1. The van der Waals surface area contributed by atoms with Gasteiger partial charge in [-0.3, -0.25) is 4.79 Å². The summed E-state index contributed by atoms with van der Waals surface area (Å²) in [6.07, 6.45) is 4.54. The Morgan fingerprint density at radius 2 is 2.38 bits per heavy atom. The summed E-state index contributed by atoms with van der Waals surface area (Å²) in [7, 11) is 0. The molecule has 2 aliphatic heterocycles. The van der Waals surface area contributed by atoms with Gasteiger partial charge in [-0.2, -0.15) is 0 Å². The van der Waals surface area contributed by atoms with E-state index in [1.165, 1.54) is 4.88 Å². The SMILES string of the molecule is O=C([C@@H]1CCCNC1)N(Cc1cccs1)CC1CCCO1. The van der Waals surface area contributed by atoms with Gasteiger partial charge in [-0.15, -0.1) is 11.3 Å². The normalized spacial score (nSPS) is 25.9. The average Bonchev–Trinajstić information content (AvgIpc) is 3.20. The maximum absolute atomic E-state index is 12.8. The fraction of sp³-hybridized carbons (Fsp3) is 0.688. The molecule has 1 amide bonds. The van der Waals surface area contributed by atoms with Crippen LogP contribution < -0.4 is 5.32 Å². The van der Waals surface area contributed by atoms with Crippen LogP contribution in [0.4, 0.5) is 0 Å². The van der Waals surface area contributed by atoms with Crippen molar-refractivity contribution < 1.29 is 9.53 Å². The van der Waals surface area contributed by atoms with E-state index in [1.807, 2.05) is 4.90 Å². The molecule has 3 heterocycles. The van der Waals surface area contributed by atoms with Crippen molar-refractivity contribution in [3.8, 4) is 0 Å². The fourth-order valence-electron chi connectivity index (χ4n) is 3.18. The number of nitrogens with zero attached hydrogens (tertiary/aromatic N) is 1. The van der Waals surface area contributed by atoms with Crippen LogP contribution >= 0.6 is 11.3 Å². The molecule has 2 atom stereocenters. The molecule has 1 unspecified atom stereocenters. The number of rotatable bonds is 5. The fourth-order valence-corrected chi connectivity index (χ4v) is 3.90. The number of hydrogen-bond acceptors (Lipinski definition) is 4. The van der Waals surface area contributed by atoms with E-state index < -0.39 is 0 Å². The monoisotopic (exact) mass is 308 g/mol. The van der Waals surface area contributed by atoms with Crippen molar-refractivity contribution in [2.75, 3.05) is 26.2 Å². The third-order valence-corrected chi connectivity index (χ3v) is 5.19. The van der Waals surface area contributed by atoms with Crippen LogP contribution in [-0.2, 0) is 16.1 Å². The first kappa shape index (κ1) is 15.0. The molecule has 0 spiro atoms. The number of ether oxygens (including phenoxy) is 1. The summed E-state index contributed by atoms with van der Waals surface area (Å²) < 4.78 is 5.73. The van der Waals surface area contributed by atoms with Gasteiger partial charge in [0.05, 0.1) is 18.6 Å². The summed E-state index contributed by atoms with van der Waals surface area (Å²) >= 11 is 1.72. The highest BCUT2D eigenvalue weighted by molar-refractivity contribution is 7.09. The molecule has 1 aromatic rings. The molecule has 0 radical (unpaired) electrons. The lowest BCUT2D eigenvalue weighted by Crippen LogP contribution is -2.45. The molecule has 0 aromatic carbocycles. The second-order valence-corrected chi connectivity index (χ2v) is 7.01. The summed E-state index contributed by atoms with van der Waals surface area (Å²) in [5.41, 5.74) is 0. The quantitative estimate of drug-likeness (QED) is 0.907. The molecule has 2 fully saturated rings. The molecule has 116 valence electrons. The van der Waals surface area contributed by atoms with Crippen LogP contribution in [0.15, 0.2) is 17.5 Å². The number of piperidine rings is 1. The minimum Gasteiger partial charge on any atom is -0.376 e. The zero-order chi connectivity index (χ0) is 14.5. The molecular weight excluding hydrogens is 284 g/mol. The molecular formula is C16H24N2O2S. The molecule has 2 aliphatic rings. The highest BCUT2D eigenvalue weighted by Gasteiger charge is 2.29. The van der Waals surface area contributed by atoms with Crippen LogP contribution in [0.2, 0.25) is 0 Å². The van der Waals surface area contributed by atoms with Crippen molar-refractivity contribution in [3.05, 3.63) is 22.4 Å². The Bertz CT molecular complexity index is 437. The van der Waals surface area contributed by atoms with Gasteiger partial charge in [0, 0.05) is 24.6 Å². The molecule has 2 saturated heterocycles. The Kier molecular flexibility index (Phi) is 5.27. The Morgan fingerprint density at radius 1 is 1.43 bits per heavy atom. The number of thiophene rings is 1. The lowest BCUT2D eigenvalue weighted by atomic mass is 9.98. The van der Waals surface area contributed by atoms with Crippen molar-refractivity contribution in [1.82, 2.24) is 10.2 Å². The van der Waals surface area contributed by atoms with E-state index in [2.05, 4.69) is 22.8 Å². The van der Waals surface area contributed by atoms with E-state index in [9.17, 15) is 4.79 Å². The predicted octanol–water partition coefficient (Wildman–Crippen LogP) is 2.26. The van der Waals surface area contributed by atoms with Gasteiger partial charge in [0.1, 0.15) is 0 Å². The van der Waals surface area contributed by atoms with E-state index in [-0.39, 0.29) is 12.0 Å². The maximum Gasteiger partial charge on any atom is 0.227 e. The molecule has 1 N–H and O–H groups in total. The van der Waals surface area contributed by atoms with Crippen LogP contribution in [0.1, 0.15) is 30.6 Å². The van der Waals surface area contributed by atoms with Gasteiger partial charge in [-0.05, 0) is 43.7 Å². The Balaban J connectivity index is 1.65. The maximum atomic E-state index is 12.8. The number of carbonyl (C=O) groups excluding carboxylic acids is 1. The predicted molar refractivity (Wildman–Crippen MR) is 84.3 cm³/mol. The summed E-state index contributed by atoms with van der Waals surface area (Å²) in [6, 6.07) is 4.16. The average molecular weight is 308 g/mol. The van der Waals surface area contributed by atoms with E-state index >= 15 is 0 Å². The topological polar surface area (TPSA) is 41.6 Å².